The first-order chi connectivity index (χ1) is 13.3. The van der Waals surface area contributed by atoms with E-state index in [1.165, 1.54) is 6.92 Å². The average Bonchev–Trinajstić information content (AvgIpc) is 3.25. The van der Waals surface area contributed by atoms with Gasteiger partial charge in [-0.15, -0.1) is 5.10 Å². The van der Waals surface area contributed by atoms with Crippen LogP contribution in [-0.4, -0.2) is 61.1 Å². The number of fused-ring (bicyclic) bond motifs is 1. The van der Waals surface area contributed by atoms with Crippen LogP contribution in [0, 0.1) is 12.8 Å². The number of hydrogen-bond acceptors (Lipinski definition) is 10. The zero-order valence-electron chi connectivity index (χ0n) is 14.9. The fourth-order valence-electron chi connectivity index (χ4n) is 2.52. The number of thiocarbonyl (C=S) groups is 1. The Hall–Kier alpha value is -2.93. The van der Waals surface area contributed by atoms with E-state index in [0.29, 0.717) is 0 Å². The molecule has 148 valence electrons. The first-order valence-electron chi connectivity index (χ1n) is 8.15. The van der Waals surface area contributed by atoms with Crippen molar-refractivity contribution in [3.05, 3.63) is 28.9 Å². The maximum atomic E-state index is 12.9. The van der Waals surface area contributed by atoms with E-state index in [2.05, 4.69) is 15.4 Å². The van der Waals surface area contributed by atoms with E-state index in [-0.39, 0.29) is 35.1 Å². The topological polar surface area (TPSA) is 153 Å². The summed E-state index contributed by atoms with van der Waals surface area (Å²) in [6.45, 7) is 3.00. The van der Waals surface area contributed by atoms with Crippen LogP contribution in [-0.2, 0) is 19.0 Å². The lowest BCUT2D eigenvalue weighted by Gasteiger charge is -2.14. The maximum absolute atomic E-state index is 12.9. The van der Waals surface area contributed by atoms with Gasteiger partial charge in [0.15, 0.2) is 28.1 Å². The van der Waals surface area contributed by atoms with Crippen molar-refractivity contribution in [1.29, 1.82) is 0 Å². The largest absolute Gasteiger partial charge is 0.463 e. The Morgan fingerprint density at radius 2 is 2.11 bits per heavy atom. The van der Waals surface area contributed by atoms with Crippen molar-refractivity contribution < 1.29 is 23.8 Å². The van der Waals surface area contributed by atoms with Gasteiger partial charge in [0.05, 0.1) is 12.7 Å². The molecule has 12 nitrogen and oxygen atoms in total. The molecule has 13 heteroatoms. The van der Waals surface area contributed by atoms with Gasteiger partial charge >= 0.3 is 11.9 Å². The molecule has 1 aliphatic heterocycles. The van der Waals surface area contributed by atoms with Crippen LogP contribution in [0.4, 0.5) is 0 Å². The second-order valence-corrected chi connectivity index (χ2v) is 6.03. The molecule has 0 aliphatic carbocycles. The Morgan fingerprint density at radius 1 is 1.36 bits per heavy atom. The lowest BCUT2D eigenvalue weighted by molar-refractivity contribution is -0.145. The monoisotopic (exact) mass is 408 g/mol. The van der Waals surface area contributed by atoms with Gasteiger partial charge in [-0.3, -0.25) is 9.59 Å². The lowest BCUT2D eigenvalue weighted by Crippen LogP contribution is -2.32. The molecular weight excluding hydrogens is 392 g/mol. The molecule has 1 aliphatic rings. The molecule has 2 aromatic rings. The van der Waals surface area contributed by atoms with Crippen LogP contribution in [0.25, 0.3) is 11.0 Å². The fourth-order valence-corrected chi connectivity index (χ4v) is 2.66. The van der Waals surface area contributed by atoms with Gasteiger partial charge in [-0.2, -0.15) is 14.5 Å². The molecular formula is C15H16N6O6S. The number of ether oxygens (including phenoxy) is 3. The SMILES string of the molecule is CCOC(=O)c1nn(C(N)=S)c2c(=O)n(C3[CH][CH]C(COC(C)=O)O3)nnc12. The predicted octanol–water partition coefficient (Wildman–Crippen LogP) is -0.875. The molecule has 2 N–H and O–H groups in total. The highest BCUT2D eigenvalue weighted by Gasteiger charge is 2.32. The maximum Gasteiger partial charge on any atom is 0.361 e. The minimum Gasteiger partial charge on any atom is -0.463 e. The van der Waals surface area contributed by atoms with Gasteiger partial charge in [-0.1, -0.05) is 5.21 Å². The smallest absolute Gasteiger partial charge is 0.361 e. The first kappa shape index (κ1) is 19.8. The highest BCUT2D eigenvalue weighted by molar-refractivity contribution is 7.80. The van der Waals surface area contributed by atoms with Crippen molar-refractivity contribution in [2.45, 2.75) is 26.2 Å². The molecule has 0 bridgehead atoms. The Bertz CT molecular complexity index is 1000. The Kier molecular flexibility index (Phi) is 5.65. The van der Waals surface area contributed by atoms with Crippen LogP contribution in [0.5, 0.6) is 0 Å². The number of aromatic nitrogens is 5. The number of hydrogen-bond donors (Lipinski definition) is 1. The summed E-state index contributed by atoms with van der Waals surface area (Å²) < 4.78 is 17.3. The van der Waals surface area contributed by atoms with Crippen LogP contribution in [0.2, 0.25) is 0 Å². The third-order valence-electron chi connectivity index (χ3n) is 3.69. The highest BCUT2D eigenvalue weighted by Crippen LogP contribution is 2.25. The van der Waals surface area contributed by atoms with Gasteiger partial charge in [0, 0.05) is 19.8 Å². The van der Waals surface area contributed by atoms with Gasteiger partial charge in [0.1, 0.15) is 6.61 Å². The van der Waals surface area contributed by atoms with Gasteiger partial charge in [0.2, 0.25) is 0 Å². The van der Waals surface area contributed by atoms with Crippen molar-refractivity contribution in [1.82, 2.24) is 24.8 Å². The molecule has 1 fully saturated rings. The normalized spacial score (nSPS) is 18.9. The molecule has 1 saturated heterocycles. The summed E-state index contributed by atoms with van der Waals surface area (Å²) in [5.41, 5.74) is 4.49. The molecule has 3 heterocycles. The van der Waals surface area contributed by atoms with E-state index in [1.807, 2.05) is 0 Å². The molecule has 0 aromatic carbocycles. The minimum absolute atomic E-state index is 0.00934. The van der Waals surface area contributed by atoms with E-state index in [1.54, 1.807) is 19.8 Å². The van der Waals surface area contributed by atoms with Crippen LogP contribution in [0.15, 0.2) is 4.79 Å². The van der Waals surface area contributed by atoms with E-state index in [9.17, 15) is 14.4 Å². The van der Waals surface area contributed by atoms with Crippen LogP contribution in [0.3, 0.4) is 0 Å². The molecule has 0 saturated carbocycles. The molecule has 2 atom stereocenters. The lowest BCUT2D eigenvalue weighted by atomic mass is 10.2. The van der Waals surface area contributed by atoms with Crippen LogP contribution >= 0.6 is 12.2 Å². The van der Waals surface area contributed by atoms with E-state index >= 15 is 0 Å². The molecule has 2 aromatic heterocycles. The van der Waals surface area contributed by atoms with E-state index in [0.717, 1.165) is 9.36 Å². The summed E-state index contributed by atoms with van der Waals surface area (Å²) in [4.78, 5) is 35.9. The van der Waals surface area contributed by atoms with Crippen LogP contribution < -0.4 is 11.3 Å². The Balaban J connectivity index is 1.98. The fraction of sp³-hybridized carbons (Fsp3) is 0.400. The van der Waals surface area contributed by atoms with E-state index < -0.39 is 29.8 Å². The Labute approximate surface area is 163 Å². The summed E-state index contributed by atoms with van der Waals surface area (Å²) >= 11 is 4.91. The summed E-state index contributed by atoms with van der Waals surface area (Å²) in [7, 11) is 0. The average molecular weight is 408 g/mol. The number of carbonyl (C=O) groups is 2. The zero-order valence-corrected chi connectivity index (χ0v) is 15.7. The van der Waals surface area contributed by atoms with Crippen molar-refractivity contribution in [2.75, 3.05) is 13.2 Å². The number of esters is 2. The second kappa shape index (κ2) is 7.98. The Morgan fingerprint density at radius 3 is 2.75 bits per heavy atom. The zero-order chi connectivity index (χ0) is 20.4. The quantitative estimate of drug-likeness (QED) is 0.485. The summed E-state index contributed by atoms with van der Waals surface area (Å²) in [6.07, 6.45) is 1.74. The van der Waals surface area contributed by atoms with Crippen molar-refractivity contribution in [2.24, 2.45) is 5.73 Å². The van der Waals surface area contributed by atoms with Crippen molar-refractivity contribution in [3.8, 4) is 0 Å². The number of carbonyl (C=O) groups excluding carboxylic acids is 2. The third-order valence-corrected chi connectivity index (χ3v) is 3.86. The molecule has 0 spiro atoms. The van der Waals surface area contributed by atoms with Gasteiger partial charge in [0.25, 0.3) is 5.56 Å². The van der Waals surface area contributed by atoms with E-state index in [4.69, 9.17) is 32.2 Å². The highest BCUT2D eigenvalue weighted by atomic mass is 32.1. The van der Waals surface area contributed by atoms with Crippen molar-refractivity contribution >= 4 is 40.3 Å². The molecule has 28 heavy (non-hydrogen) atoms. The molecule has 2 radical (unpaired) electrons. The number of rotatable bonds is 5. The summed E-state index contributed by atoms with van der Waals surface area (Å²) in [6, 6.07) is 0. The second-order valence-electron chi connectivity index (χ2n) is 5.61. The van der Waals surface area contributed by atoms with Gasteiger partial charge < -0.3 is 19.9 Å². The number of nitrogens with zero attached hydrogens (tertiary/aromatic N) is 5. The van der Waals surface area contributed by atoms with Gasteiger partial charge in [-0.25, -0.2) is 4.79 Å². The van der Waals surface area contributed by atoms with Gasteiger partial charge in [-0.05, 0) is 19.1 Å². The van der Waals surface area contributed by atoms with Crippen LogP contribution in [0.1, 0.15) is 30.6 Å². The first-order valence-corrected chi connectivity index (χ1v) is 8.56. The number of nitrogens with two attached hydrogens (primary N) is 1. The van der Waals surface area contributed by atoms with Crippen molar-refractivity contribution in [3.63, 3.8) is 0 Å². The summed E-state index contributed by atoms with van der Waals surface area (Å²) in [5.74, 6) is -1.24. The third kappa shape index (κ3) is 3.71. The standard InChI is InChI=1S/C15H16N6O6S/c1-3-25-14(24)11-10-12(21(18-11)15(16)28)13(23)20(19-17-10)9-5-4-8(27-9)6-26-7(2)22/h4-5,8-9H,3,6H2,1-2H3,(H2,16,28). The molecule has 0 amide bonds. The molecule has 3 rings (SSSR count). The minimum atomic E-state index is -0.898. The molecule has 2 unspecified atom stereocenters. The summed E-state index contributed by atoms with van der Waals surface area (Å²) in [5, 5.41) is 11.4. The predicted molar refractivity (Wildman–Crippen MR) is 96.9 cm³/mol.